The maximum absolute atomic E-state index is 12.4. The summed E-state index contributed by atoms with van der Waals surface area (Å²) in [7, 11) is 0. The minimum Gasteiger partial charge on any atom is -0.311 e. The Balaban J connectivity index is 2.60. The molecule has 1 aliphatic rings. The molecule has 1 aromatic heterocycles. The van der Waals surface area contributed by atoms with Crippen molar-refractivity contribution in [3.05, 3.63) is 33.2 Å². The lowest BCUT2D eigenvalue weighted by molar-refractivity contribution is 0.0951. The number of carbonyl (C=O) groups excluding carboxylic acids is 1. The van der Waals surface area contributed by atoms with Crippen molar-refractivity contribution in [1.29, 1.82) is 0 Å². The van der Waals surface area contributed by atoms with E-state index in [-0.39, 0.29) is 11.1 Å². The van der Waals surface area contributed by atoms with Gasteiger partial charge in [0.15, 0.2) is 0 Å². The fourth-order valence-electron chi connectivity index (χ4n) is 2.68. The number of nitrogens with two attached hydrogens (primary N) is 1. The van der Waals surface area contributed by atoms with E-state index in [1.165, 1.54) is 0 Å². The number of pyridine rings is 1. The summed E-state index contributed by atoms with van der Waals surface area (Å²) in [4.78, 5) is 24.1. The molecule has 0 unspecified atom stereocenters. The molecule has 0 bridgehead atoms. The van der Waals surface area contributed by atoms with Gasteiger partial charge in [-0.1, -0.05) is 13.8 Å². The number of carbonyl (C=O) groups is 1. The summed E-state index contributed by atoms with van der Waals surface area (Å²) >= 11 is 0. The second-order valence-electron chi connectivity index (χ2n) is 5.52. The highest BCUT2D eigenvalue weighted by molar-refractivity contribution is 5.93. The molecule has 0 aromatic carbocycles. The molecule has 0 spiro atoms. The zero-order valence-corrected chi connectivity index (χ0v) is 11.5. The molecule has 19 heavy (non-hydrogen) atoms. The number of fused-ring (bicyclic) bond motifs is 1. The Morgan fingerprint density at radius 2 is 2.11 bits per heavy atom. The first-order valence-corrected chi connectivity index (χ1v) is 6.81. The zero-order valence-electron chi connectivity index (χ0n) is 11.5. The van der Waals surface area contributed by atoms with E-state index in [4.69, 9.17) is 5.84 Å². The predicted molar refractivity (Wildman–Crippen MR) is 73.8 cm³/mol. The normalized spacial score (nSPS) is 14.3. The number of rotatable bonds is 3. The highest BCUT2D eigenvalue weighted by Crippen LogP contribution is 2.21. The summed E-state index contributed by atoms with van der Waals surface area (Å²) in [6.45, 7) is 4.78. The summed E-state index contributed by atoms with van der Waals surface area (Å²) < 4.78 is 1.77. The Labute approximate surface area is 112 Å². The summed E-state index contributed by atoms with van der Waals surface area (Å²) in [6, 6.07) is 1.72. The van der Waals surface area contributed by atoms with Crippen LogP contribution in [0.1, 0.15) is 48.3 Å². The second kappa shape index (κ2) is 5.57. The first-order valence-electron chi connectivity index (χ1n) is 6.81. The summed E-state index contributed by atoms with van der Waals surface area (Å²) in [5, 5.41) is 0. The van der Waals surface area contributed by atoms with Gasteiger partial charge >= 0.3 is 0 Å². The third-order valence-electron chi connectivity index (χ3n) is 3.52. The van der Waals surface area contributed by atoms with Crippen LogP contribution >= 0.6 is 0 Å². The molecule has 5 heteroatoms. The number of amides is 1. The SMILES string of the molecule is CC(C)Cn1c2c(cc(C(=O)NN)c1=O)CCCC2. The summed E-state index contributed by atoms with van der Waals surface area (Å²) in [5.74, 6) is 5.01. The van der Waals surface area contributed by atoms with Crippen LogP contribution in [-0.4, -0.2) is 10.5 Å². The Morgan fingerprint density at radius 1 is 1.42 bits per heavy atom. The van der Waals surface area contributed by atoms with Crippen molar-refractivity contribution < 1.29 is 4.79 Å². The van der Waals surface area contributed by atoms with E-state index < -0.39 is 5.91 Å². The van der Waals surface area contributed by atoms with Gasteiger partial charge in [-0.25, -0.2) is 5.84 Å². The molecule has 1 aliphatic carbocycles. The molecular formula is C14H21N3O2. The molecule has 2 rings (SSSR count). The molecule has 1 amide bonds. The van der Waals surface area contributed by atoms with Crippen LogP contribution in [0.3, 0.4) is 0 Å². The number of nitrogens with zero attached hydrogens (tertiary/aromatic N) is 1. The predicted octanol–water partition coefficient (Wildman–Crippen LogP) is 0.987. The van der Waals surface area contributed by atoms with Crippen LogP contribution in [0.5, 0.6) is 0 Å². The van der Waals surface area contributed by atoms with Crippen molar-refractivity contribution >= 4 is 5.91 Å². The van der Waals surface area contributed by atoms with Crippen LogP contribution in [0.15, 0.2) is 10.9 Å². The first-order chi connectivity index (χ1) is 9.04. The minimum absolute atomic E-state index is 0.156. The third kappa shape index (κ3) is 2.71. The largest absolute Gasteiger partial charge is 0.311 e. The number of hydrogen-bond acceptors (Lipinski definition) is 3. The Kier molecular flexibility index (Phi) is 4.04. The van der Waals surface area contributed by atoms with E-state index in [9.17, 15) is 9.59 Å². The number of aryl methyl sites for hydroxylation is 1. The van der Waals surface area contributed by atoms with Crippen LogP contribution in [-0.2, 0) is 19.4 Å². The average molecular weight is 263 g/mol. The number of nitrogen functional groups attached to an aromatic ring is 1. The molecule has 0 saturated carbocycles. The molecule has 5 nitrogen and oxygen atoms in total. The molecule has 1 heterocycles. The molecule has 0 fully saturated rings. The molecule has 3 N–H and O–H groups in total. The van der Waals surface area contributed by atoms with Crippen LogP contribution < -0.4 is 16.8 Å². The summed E-state index contributed by atoms with van der Waals surface area (Å²) in [5.41, 5.74) is 4.20. The van der Waals surface area contributed by atoms with Crippen LogP contribution in [0, 0.1) is 5.92 Å². The van der Waals surface area contributed by atoms with Crippen molar-refractivity contribution in [3.8, 4) is 0 Å². The van der Waals surface area contributed by atoms with Crippen molar-refractivity contribution in [1.82, 2.24) is 9.99 Å². The molecule has 0 saturated heterocycles. The second-order valence-corrected chi connectivity index (χ2v) is 5.52. The van der Waals surface area contributed by atoms with Gasteiger partial charge in [0.1, 0.15) is 5.56 Å². The van der Waals surface area contributed by atoms with Gasteiger partial charge in [0.05, 0.1) is 0 Å². The molecule has 0 aliphatic heterocycles. The lowest BCUT2D eigenvalue weighted by atomic mass is 9.94. The van der Waals surface area contributed by atoms with Gasteiger partial charge in [0, 0.05) is 12.2 Å². The van der Waals surface area contributed by atoms with E-state index in [1.807, 2.05) is 0 Å². The van der Waals surface area contributed by atoms with Crippen molar-refractivity contribution in [2.45, 2.75) is 46.1 Å². The molecular weight excluding hydrogens is 242 g/mol. The monoisotopic (exact) mass is 263 g/mol. The maximum Gasteiger partial charge on any atom is 0.270 e. The van der Waals surface area contributed by atoms with Crippen molar-refractivity contribution in [3.63, 3.8) is 0 Å². The van der Waals surface area contributed by atoms with Gasteiger partial charge in [0.25, 0.3) is 11.5 Å². The fraction of sp³-hybridized carbons (Fsp3) is 0.571. The van der Waals surface area contributed by atoms with Gasteiger partial charge in [-0.2, -0.15) is 0 Å². The Bertz CT molecular complexity index is 546. The molecule has 0 atom stereocenters. The highest BCUT2D eigenvalue weighted by atomic mass is 16.2. The first kappa shape index (κ1) is 13.8. The van der Waals surface area contributed by atoms with E-state index in [0.29, 0.717) is 12.5 Å². The Hall–Kier alpha value is -1.62. The number of nitrogens with one attached hydrogen (secondary N) is 1. The lowest BCUT2D eigenvalue weighted by Gasteiger charge is -2.23. The van der Waals surface area contributed by atoms with E-state index in [0.717, 1.165) is 36.9 Å². The standard InChI is InChI=1S/C14H21N3O2/c1-9(2)8-17-12-6-4-3-5-10(12)7-11(14(17)19)13(18)16-15/h7,9H,3-6,8,15H2,1-2H3,(H,16,18). The van der Waals surface area contributed by atoms with Gasteiger partial charge in [0.2, 0.25) is 0 Å². The number of aromatic nitrogens is 1. The van der Waals surface area contributed by atoms with Gasteiger partial charge < -0.3 is 4.57 Å². The third-order valence-corrected chi connectivity index (χ3v) is 3.52. The number of hydrogen-bond donors (Lipinski definition) is 2. The van der Waals surface area contributed by atoms with E-state index in [1.54, 1.807) is 10.6 Å². The van der Waals surface area contributed by atoms with Crippen molar-refractivity contribution in [2.24, 2.45) is 11.8 Å². The molecule has 104 valence electrons. The number of hydrazine groups is 1. The van der Waals surface area contributed by atoms with Crippen LogP contribution in [0.4, 0.5) is 0 Å². The quantitative estimate of drug-likeness (QED) is 0.485. The fourth-order valence-corrected chi connectivity index (χ4v) is 2.68. The van der Waals surface area contributed by atoms with Gasteiger partial charge in [-0.3, -0.25) is 15.0 Å². The van der Waals surface area contributed by atoms with Gasteiger partial charge in [-0.05, 0) is 43.2 Å². The van der Waals surface area contributed by atoms with Gasteiger partial charge in [-0.15, -0.1) is 0 Å². The maximum atomic E-state index is 12.4. The zero-order chi connectivity index (χ0) is 14.0. The average Bonchev–Trinajstić information content (AvgIpc) is 2.40. The van der Waals surface area contributed by atoms with Crippen LogP contribution in [0.2, 0.25) is 0 Å². The summed E-state index contributed by atoms with van der Waals surface area (Å²) in [6.07, 6.45) is 4.06. The molecule has 0 radical (unpaired) electrons. The van der Waals surface area contributed by atoms with Crippen LogP contribution in [0.25, 0.3) is 0 Å². The lowest BCUT2D eigenvalue weighted by Crippen LogP contribution is -2.39. The van der Waals surface area contributed by atoms with E-state index in [2.05, 4.69) is 19.3 Å². The topological polar surface area (TPSA) is 77.1 Å². The smallest absolute Gasteiger partial charge is 0.270 e. The molecule has 1 aromatic rings. The van der Waals surface area contributed by atoms with Crippen molar-refractivity contribution in [2.75, 3.05) is 0 Å². The van der Waals surface area contributed by atoms with E-state index >= 15 is 0 Å². The minimum atomic E-state index is -0.504. The Morgan fingerprint density at radius 3 is 2.74 bits per heavy atom. The highest BCUT2D eigenvalue weighted by Gasteiger charge is 2.21.